The molecule has 0 spiro atoms. The molecule has 2 aliphatic rings. The average Bonchev–Trinajstić information content (AvgIpc) is 3.01. The van der Waals surface area contributed by atoms with Crippen LogP contribution >= 0.6 is 15.9 Å². The zero-order valence-electron chi connectivity index (χ0n) is 12.1. The molecule has 3 rings (SSSR count). The first-order valence-corrected chi connectivity index (χ1v) is 8.39. The van der Waals surface area contributed by atoms with E-state index in [1.54, 1.807) is 0 Å². The normalized spacial score (nSPS) is 23.5. The zero-order chi connectivity index (χ0) is 14.7. The van der Waals surface area contributed by atoms with Crippen molar-refractivity contribution in [2.45, 2.75) is 25.5 Å². The largest absolute Gasteiger partial charge is 0.368 e. The van der Waals surface area contributed by atoms with E-state index in [-0.39, 0.29) is 12.0 Å². The first kappa shape index (κ1) is 15.0. The zero-order valence-corrected chi connectivity index (χ0v) is 13.7. The molecule has 2 heterocycles. The van der Waals surface area contributed by atoms with E-state index in [1.807, 2.05) is 11.0 Å². The lowest BCUT2D eigenvalue weighted by Crippen LogP contribution is -2.51. The number of piperazine rings is 1. The summed E-state index contributed by atoms with van der Waals surface area (Å²) < 4.78 is 6.61. The second-order valence-corrected chi connectivity index (χ2v) is 6.65. The van der Waals surface area contributed by atoms with Crippen molar-refractivity contribution in [2.24, 2.45) is 0 Å². The van der Waals surface area contributed by atoms with Gasteiger partial charge in [0.25, 0.3) is 5.91 Å². The first-order valence-electron chi connectivity index (χ1n) is 7.59. The topological polar surface area (TPSA) is 32.8 Å². The van der Waals surface area contributed by atoms with Crippen molar-refractivity contribution in [1.82, 2.24) is 9.80 Å². The van der Waals surface area contributed by atoms with Crippen LogP contribution in [-0.4, -0.2) is 54.6 Å². The van der Waals surface area contributed by atoms with E-state index in [4.69, 9.17) is 4.74 Å². The van der Waals surface area contributed by atoms with Crippen LogP contribution in [0.25, 0.3) is 0 Å². The van der Waals surface area contributed by atoms with Gasteiger partial charge < -0.3 is 9.64 Å². The molecule has 2 fully saturated rings. The molecule has 0 bridgehead atoms. The molecule has 5 heteroatoms. The number of carbonyl (C=O) groups excluding carboxylic acids is 1. The Bertz CT molecular complexity index is 495. The monoisotopic (exact) mass is 352 g/mol. The van der Waals surface area contributed by atoms with Gasteiger partial charge in [-0.3, -0.25) is 9.69 Å². The Morgan fingerprint density at radius 3 is 2.76 bits per heavy atom. The smallest absolute Gasteiger partial charge is 0.251 e. The van der Waals surface area contributed by atoms with Crippen LogP contribution in [0.3, 0.4) is 0 Å². The van der Waals surface area contributed by atoms with E-state index in [0.717, 1.165) is 56.6 Å². The third-order valence-corrected chi connectivity index (χ3v) is 4.68. The Morgan fingerprint density at radius 1 is 1.29 bits per heavy atom. The second kappa shape index (κ2) is 6.90. The number of ether oxygens (including phenoxy) is 1. The van der Waals surface area contributed by atoms with Crippen molar-refractivity contribution in [3.8, 4) is 0 Å². The van der Waals surface area contributed by atoms with Gasteiger partial charge in [-0.15, -0.1) is 0 Å². The van der Waals surface area contributed by atoms with Crippen LogP contribution in [0.5, 0.6) is 0 Å². The van der Waals surface area contributed by atoms with Gasteiger partial charge in [0.15, 0.2) is 0 Å². The number of amides is 1. The summed E-state index contributed by atoms with van der Waals surface area (Å²) in [7, 11) is 0. The number of halogens is 1. The van der Waals surface area contributed by atoms with Gasteiger partial charge in [-0.05, 0) is 30.5 Å². The van der Waals surface area contributed by atoms with Crippen LogP contribution in [0.4, 0.5) is 0 Å². The summed E-state index contributed by atoms with van der Waals surface area (Å²) in [6.45, 7) is 5.18. The van der Waals surface area contributed by atoms with Gasteiger partial charge in [0.1, 0.15) is 6.10 Å². The first-order chi connectivity index (χ1) is 10.2. The third-order valence-electron chi connectivity index (χ3n) is 4.18. The molecule has 0 radical (unpaired) electrons. The maximum absolute atomic E-state index is 12.3. The Labute approximate surface area is 134 Å². The van der Waals surface area contributed by atoms with E-state index < -0.39 is 0 Å². The molecule has 0 unspecified atom stereocenters. The predicted molar refractivity (Wildman–Crippen MR) is 85.0 cm³/mol. The number of hydrogen-bond acceptors (Lipinski definition) is 3. The van der Waals surface area contributed by atoms with Gasteiger partial charge in [0.2, 0.25) is 0 Å². The van der Waals surface area contributed by atoms with Crippen LogP contribution in [-0.2, 0) is 16.1 Å². The van der Waals surface area contributed by atoms with Gasteiger partial charge in [-0.1, -0.05) is 28.1 Å². The Morgan fingerprint density at radius 2 is 2.10 bits per heavy atom. The number of carbonyl (C=O) groups is 1. The summed E-state index contributed by atoms with van der Waals surface area (Å²) >= 11 is 3.51. The predicted octanol–water partition coefficient (Wildman–Crippen LogP) is 2.27. The SMILES string of the molecule is O=C([C@@H]1CCCO1)N1CCN(Cc2cccc(Br)c2)CC1. The minimum absolute atomic E-state index is 0.179. The lowest BCUT2D eigenvalue weighted by molar-refractivity contribution is -0.142. The van der Waals surface area contributed by atoms with Crippen LogP contribution in [0.1, 0.15) is 18.4 Å². The van der Waals surface area contributed by atoms with Gasteiger partial charge in [0, 0.05) is 43.8 Å². The van der Waals surface area contributed by atoms with Crippen molar-refractivity contribution in [3.05, 3.63) is 34.3 Å². The highest BCUT2D eigenvalue weighted by molar-refractivity contribution is 9.10. The van der Waals surface area contributed by atoms with Gasteiger partial charge >= 0.3 is 0 Å². The quantitative estimate of drug-likeness (QED) is 0.836. The van der Waals surface area contributed by atoms with E-state index in [1.165, 1.54) is 5.56 Å². The molecule has 114 valence electrons. The van der Waals surface area contributed by atoms with Crippen LogP contribution in [0.2, 0.25) is 0 Å². The van der Waals surface area contributed by atoms with Crippen molar-refractivity contribution < 1.29 is 9.53 Å². The summed E-state index contributed by atoms with van der Waals surface area (Å²) in [6, 6.07) is 8.41. The summed E-state index contributed by atoms with van der Waals surface area (Å²) in [5, 5.41) is 0. The van der Waals surface area contributed by atoms with Gasteiger partial charge in [-0.2, -0.15) is 0 Å². The fraction of sp³-hybridized carbons (Fsp3) is 0.562. The highest BCUT2D eigenvalue weighted by Gasteiger charge is 2.30. The summed E-state index contributed by atoms with van der Waals surface area (Å²) in [5.74, 6) is 0.189. The number of rotatable bonds is 3. The summed E-state index contributed by atoms with van der Waals surface area (Å²) in [4.78, 5) is 16.7. The van der Waals surface area contributed by atoms with Crippen molar-refractivity contribution in [1.29, 1.82) is 0 Å². The molecule has 0 saturated carbocycles. The van der Waals surface area contributed by atoms with Crippen molar-refractivity contribution >= 4 is 21.8 Å². The van der Waals surface area contributed by atoms with E-state index in [9.17, 15) is 4.79 Å². The average molecular weight is 353 g/mol. The van der Waals surface area contributed by atoms with Crippen LogP contribution in [0, 0.1) is 0 Å². The molecule has 21 heavy (non-hydrogen) atoms. The summed E-state index contributed by atoms with van der Waals surface area (Å²) in [5.41, 5.74) is 1.31. The minimum atomic E-state index is -0.179. The number of nitrogens with zero attached hydrogens (tertiary/aromatic N) is 2. The van der Waals surface area contributed by atoms with Crippen molar-refractivity contribution in [3.63, 3.8) is 0 Å². The fourth-order valence-electron chi connectivity index (χ4n) is 3.00. The standard InChI is InChI=1S/C16H21BrN2O2/c17-14-4-1-3-13(11-14)12-18-6-8-19(9-7-18)16(20)15-5-2-10-21-15/h1,3-4,11,15H,2,5-10,12H2/t15-/m0/s1. The highest BCUT2D eigenvalue weighted by atomic mass is 79.9. The Balaban J connectivity index is 1.49. The van der Waals surface area contributed by atoms with Gasteiger partial charge in [-0.25, -0.2) is 0 Å². The number of hydrogen-bond donors (Lipinski definition) is 0. The van der Waals surface area contributed by atoms with Crippen molar-refractivity contribution in [2.75, 3.05) is 32.8 Å². The van der Waals surface area contributed by atoms with Gasteiger partial charge in [0.05, 0.1) is 0 Å². The maximum Gasteiger partial charge on any atom is 0.251 e. The maximum atomic E-state index is 12.3. The molecule has 1 aromatic rings. The molecule has 0 N–H and O–H groups in total. The molecule has 2 aliphatic heterocycles. The van der Waals surface area contributed by atoms with Crippen LogP contribution in [0.15, 0.2) is 28.7 Å². The fourth-order valence-corrected chi connectivity index (χ4v) is 3.44. The molecule has 2 saturated heterocycles. The molecule has 1 amide bonds. The second-order valence-electron chi connectivity index (χ2n) is 5.73. The minimum Gasteiger partial charge on any atom is -0.368 e. The lowest BCUT2D eigenvalue weighted by atomic mass is 10.1. The molecule has 1 atom stereocenters. The van der Waals surface area contributed by atoms with E-state index in [2.05, 4.69) is 39.0 Å². The molecular formula is C16H21BrN2O2. The number of benzene rings is 1. The Kier molecular flexibility index (Phi) is 4.93. The van der Waals surface area contributed by atoms with Crippen LogP contribution < -0.4 is 0 Å². The molecule has 0 aromatic heterocycles. The van der Waals surface area contributed by atoms with E-state index >= 15 is 0 Å². The lowest BCUT2D eigenvalue weighted by Gasteiger charge is -2.35. The third kappa shape index (κ3) is 3.84. The summed E-state index contributed by atoms with van der Waals surface area (Å²) in [6.07, 6.45) is 1.72. The van der Waals surface area contributed by atoms with E-state index in [0.29, 0.717) is 0 Å². The molecule has 1 aromatic carbocycles. The molecular weight excluding hydrogens is 332 g/mol. The molecule has 4 nitrogen and oxygen atoms in total. The molecule has 0 aliphatic carbocycles. The Hall–Kier alpha value is -0.910. The highest BCUT2D eigenvalue weighted by Crippen LogP contribution is 2.17.